The zero-order valence-electron chi connectivity index (χ0n) is 11.8. The van der Waals surface area contributed by atoms with Crippen LogP contribution >= 0.6 is 35.3 Å². The fraction of sp³-hybridized carbons (Fsp3) is 0.125. The van der Waals surface area contributed by atoms with E-state index in [0.717, 1.165) is 19.5 Å². The normalized spacial score (nSPS) is 12.3. The Morgan fingerprint density at radius 2 is 1.82 bits per heavy atom. The molecule has 0 bridgehead atoms. The summed E-state index contributed by atoms with van der Waals surface area (Å²) in [5.74, 6) is -0.218. The van der Waals surface area contributed by atoms with E-state index in [4.69, 9.17) is 12.2 Å². The number of aromatic nitrogens is 2. The summed E-state index contributed by atoms with van der Waals surface area (Å²) < 4.78 is 16.4. The highest BCUT2D eigenvalue weighted by Gasteiger charge is 2.12. The lowest BCUT2D eigenvalue weighted by Gasteiger charge is -2.08. The molecule has 1 aromatic heterocycles. The monoisotopic (exact) mass is 348 g/mol. The van der Waals surface area contributed by atoms with Crippen molar-refractivity contribution in [2.45, 2.75) is 16.5 Å². The number of para-hydroxylation sites is 1. The van der Waals surface area contributed by atoms with Gasteiger partial charge in [0.15, 0.2) is 8.29 Å². The highest BCUT2D eigenvalue weighted by molar-refractivity contribution is 8.01. The SMILES string of the molecule is CC(Sc1nn(-c2ccccc2)c(=S)s1)c1ccc(F)cc1. The number of halogens is 1. The third-order valence-electron chi connectivity index (χ3n) is 3.15. The standard InChI is InChI=1S/C16H13FN2S3/c1-11(12-7-9-13(17)10-8-12)21-15-18-19(16(20)22-15)14-5-3-2-4-6-14/h2-11H,1H3. The van der Waals surface area contributed by atoms with Gasteiger partial charge in [0.2, 0.25) is 0 Å². The minimum Gasteiger partial charge on any atom is -0.211 e. The van der Waals surface area contributed by atoms with Crippen LogP contribution in [-0.2, 0) is 0 Å². The summed E-state index contributed by atoms with van der Waals surface area (Å²) in [4.78, 5) is 0. The molecule has 112 valence electrons. The maximum absolute atomic E-state index is 13.0. The first-order chi connectivity index (χ1) is 10.6. The number of rotatable bonds is 4. The Balaban J connectivity index is 1.82. The van der Waals surface area contributed by atoms with Crippen LogP contribution in [0.1, 0.15) is 17.7 Å². The van der Waals surface area contributed by atoms with E-state index in [1.807, 2.05) is 30.3 Å². The van der Waals surface area contributed by atoms with E-state index in [2.05, 4.69) is 12.0 Å². The molecule has 0 amide bonds. The van der Waals surface area contributed by atoms with Crippen LogP contribution in [0.2, 0.25) is 0 Å². The second-order valence-corrected chi connectivity index (χ2v) is 7.90. The van der Waals surface area contributed by atoms with Crippen LogP contribution in [-0.4, -0.2) is 9.78 Å². The topological polar surface area (TPSA) is 17.8 Å². The molecule has 0 saturated heterocycles. The summed E-state index contributed by atoms with van der Waals surface area (Å²) in [7, 11) is 0. The molecule has 0 fully saturated rings. The van der Waals surface area contributed by atoms with Crippen molar-refractivity contribution in [3.05, 3.63) is 69.9 Å². The second kappa shape index (κ2) is 6.73. The first-order valence-electron chi connectivity index (χ1n) is 6.71. The number of thioether (sulfide) groups is 1. The molecule has 3 rings (SSSR count). The van der Waals surface area contributed by atoms with E-state index >= 15 is 0 Å². The molecule has 0 aliphatic rings. The highest BCUT2D eigenvalue weighted by Crippen LogP contribution is 2.36. The molecule has 1 atom stereocenters. The molecule has 6 heteroatoms. The Labute approximate surface area is 141 Å². The van der Waals surface area contributed by atoms with Crippen molar-refractivity contribution in [3.8, 4) is 5.69 Å². The maximum atomic E-state index is 13.0. The Bertz CT molecular complexity index is 809. The Morgan fingerprint density at radius 1 is 1.14 bits per heavy atom. The van der Waals surface area contributed by atoms with Crippen molar-refractivity contribution in [3.63, 3.8) is 0 Å². The predicted molar refractivity (Wildman–Crippen MR) is 92.9 cm³/mol. The maximum Gasteiger partial charge on any atom is 0.184 e. The molecule has 0 N–H and O–H groups in total. The summed E-state index contributed by atoms with van der Waals surface area (Å²) in [6, 6.07) is 16.4. The quantitative estimate of drug-likeness (QED) is 0.448. The van der Waals surface area contributed by atoms with Gasteiger partial charge in [-0.25, -0.2) is 9.07 Å². The molecule has 2 nitrogen and oxygen atoms in total. The molecule has 1 unspecified atom stereocenters. The van der Waals surface area contributed by atoms with E-state index in [-0.39, 0.29) is 11.1 Å². The van der Waals surface area contributed by atoms with E-state index < -0.39 is 0 Å². The van der Waals surface area contributed by atoms with Crippen LogP contribution in [0.3, 0.4) is 0 Å². The number of hydrogen-bond donors (Lipinski definition) is 0. The van der Waals surface area contributed by atoms with Crippen molar-refractivity contribution in [1.29, 1.82) is 0 Å². The molecule has 1 heterocycles. The fourth-order valence-electron chi connectivity index (χ4n) is 1.99. The summed E-state index contributed by atoms with van der Waals surface area (Å²) in [6.07, 6.45) is 0. The summed E-state index contributed by atoms with van der Waals surface area (Å²) in [5, 5.41) is 4.77. The summed E-state index contributed by atoms with van der Waals surface area (Å²) in [6.45, 7) is 2.08. The van der Waals surface area contributed by atoms with Crippen molar-refractivity contribution in [1.82, 2.24) is 9.78 Å². The minimum atomic E-state index is -0.218. The zero-order chi connectivity index (χ0) is 15.5. The third kappa shape index (κ3) is 3.45. The predicted octanol–water partition coefficient (Wildman–Crippen LogP) is 5.66. The van der Waals surface area contributed by atoms with Gasteiger partial charge < -0.3 is 0 Å². The summed E-state index contributed by atoms with van der Waals surface area (Å²) in [5.41, 5.74) is 2.03. The van der Waals surface area contributed by atoms with Gasteiger partial charge in [-0.3, -0.25) is 0 Å². The highest BCUT2D eigenvalue weighted by atomic mass is 32.2. The van der Waals surface area contributed by atoms with Crippen LogP contribution < -0.4 is 0 Å². The van der Waals surface area contributed by atoms with Gasteiger partial charge in [-0.15, -0.1) is 5.10 Å². The zero-order valence-corrected chi connectivity index (χ0v) is 14.2. The van der Waals surface area contributed by atoms with Crippen molar-refractivity contribution >= 4 is 35.3 Å². The van der Waals surface area contributed by atoms with Gasteiger partial charge in [-0.05, 0) is 49.0 Å². The minimum absolute atomic E-state index is 0.186. The number of nitrogens with zero attached hydrogens (tertiary/aromatic N) is 2. The number of hydrogen-bond acceptors (Lipinski definition) is 4. The Kier molecular flexibility index (Phi) is 4.71. The molecule has 2 aromatic carbocycles. The van der Waals surface area contributed by atoms with E-state index in [9.17, 15) is 4.39 Å². The molecule has 3 aromatic rings. The molecular weight excluding hydrogens is 335 g/mol. The van der Waals surface area contributed by atoms with Crippen molar-refractivity contribution in [2.24, 2.45) is 0 Å². The third-order valence-corrected chi connectivity index (χ3v) is 5.62. The van der Waals surface area contributed by atoms with Crippen LogP contribution in [0.15, 0.2) is 58.9 Å². The van der Waals surface area contributed by atoms with E-state index in [1.54, 1.807) is 28.6 Å². The van der Waals surface area contributed by atoms with Crippen LogP contribution in [0.25, 0.3) is 5.69 Å². The van der Waals surface area contributed by atoms with Gasteiger partial charge in [0.25, 0.3) is 0 Å². The van der Waals surface area contributed by atoms with Crippen molar-refractivity contribution < 1.29 is 4.39 Å². The molecule has 0 radical (unpaired) electrons. The lowest BCUT2D eigenvalue weighted by atomic mass is 10.2. The second-order valence-electron chi connectivity index (χ2n) is 4.69. The van der Waals surface area contributed by atoms with Gasteiger partial charge in [-0.1, -0.05) is 53.4 Å². The lowest BCUT2D eigenvalue weighted by molar-refractivity contribution is 0.627. The molecule has 0 saturated carbocycles. The van der Waals surface area contributed by atoms with Crippen LogP contribution in [0, 0.1) is 9.77 Å². The van der Waals surface area contributed by atoms with Gasteiger partial charge in [0.05, 0.1) is 5.69 Å². The Hall–Kier alpha value is -1.50. The molecular formula is C16H13FN2S3. The van der Waals surface area contributed by atoms with Gasteiger partial charge >= 0.3 is 0 Å². The molecule has 22 heavy (non-hydrogen) atoms. The average molecular weight is 348 g/mol. The van der Waals surface area contributed by atoms with Crippen LogP contribution in [0.5, 0.6) is 0 Å². The van der Waals surface area contributed by atoms with Crippen molar-refractivity contribution in [2.75, 3.05) is 0 Å². The fourth-order valence-corrected chi connectivity index (χ4v) is 4.63. The van der Waals surface area contributed by atoms with E-state index in [0.29, 0.717) is 0 Å². The lowest BCUT2D eigenvalue weighted by Crippen LogP contribution is -1.96. The van der Waals surface area contributed by atoms with Gasteiger partial charge in [-0.2, -0.15) is 0 Å². The Morgan fingerprint density at radius 3 is 2.50 bits per heavy atom. The first-order valence-corrected chi connectivity index (χ1v) is 8.81. The average Bonchev–Trinajstić information content (AvgIpc) is 2.89. The smallest absolute Gasteiger partial charge is 0.184 e. The van der Waals surface area contributed by atoms with Crippen LogP contribution in [0.4, 0.5) is 4.39 Å². The largest absolute Gasteiger partial charge is 0.211 e. The summed E-state index contributed by atoms with van der Waals surface area (Å²) >= 11 is 8.52. The van der Waals surface area contributed by atoms with E-state index in [1.165, 1.54) is 23.5 Å². The number of benzene rings is 2. The molecule has 0 spiro atoms. The van der Waals surface area contributed by atoms with Gasteiger partial charge in [0, 0.05) is 5.25 Å². The first kappa shape index (κ1) is 15.4. The molecule has 0 aliphatic heterocycles. The van der Waals surface area contributed by atoms with Gasteiger partial charge in [0.1, 0.15) is 5.82 Å². The molecule has 0 aliphatic carbocycles.